The number of anilines is 1. The molecule has 3 aromatic heterocycles. The van der Waals surface area contributed by atoms with Gasteiger partial charge in [-0.25, -0.2) is 15.8 Å². The molecule has 0 spiro atoms. The fourth-order valence-electron chi connectivity index (χ4n) is 2.08. The maximum absolute atomic E-state index is 5.55. The van der Waals surface area contributed by atoms with E-state index < -0.39 is 0 Å². The number of fused-ring (bicyclic) bond motifs is 1. The van der Waals surface area contributed by atoms with Crippen molar-refractivity contribution in [1.82, 2.24) is 14.9 Å². The molecule has 0 aliphatic rings. The molecule has 5 nitrogen and oxygen atoms in total. The number of nitrogens with zero attached hydrogens (tertiary/aromatic N) is 3. The van der Waals surface area contributed by atoms with Gasteiger partial charge >= 0.3 is 0 Å². The summed E-state index contributed by atoms with van der Waals surface area (Å²) >= 11 is 6.81. The van der Waals surface area contributed by atoms with Gasteiger partial charge in [0.1, 0.15) is 10.7 Å². The van der Waals surface area contributed by atoms with Gasteiger partial charge in [-0.3, -0.25) is 4.90 Å². The van der Waals surface area contributed by atoms with Gasteiger partial charge < -0.3 is 5.43 Å². The lowest BCUT2D eigenvalue weighted by Gasteiger charge is -2.15. The third-order valence-electron chi connectivity index (χ3n) is 2.97. The molecular formula is C13H14BrN5S2. The van der Waals surface area contributed by atoms with Gasteiger partial charge in [0.05, 0.1) is 11.9 Å². The molecule has 0 radical (unpaired) electrons. The van der Waals surface area contributed by atoms with Crippen LogP contribution in [0.1, 0.15) is 10.7 Å². The molecule has 0 aliphatic carbocycles. The summed E-state index contributed by atoms with van der Waals surface area (Å²) in [5, 5.41) is 5.06. The minimum absolute atomic E-state index is 0.679. The summed E-state index contributed by atoms with van der Waals surface area (Å²) in [5.41, 5.74) is 2.66. The molecule has 3 rings (SSSR count). The van der Waals surface area contributed by atoms with E-state index in [0.29, 0.717) is 12.4 Å². The Morgan fingerprint density at radius 2 is 2.19 bits per heavy atom. The number of nitrogens with two attached hydrogens (primary N) is 1. The number of hydrazine groups is 1. The van der Waals surface area contributed by atoms with Crippen LogP contribution in [0.4, 0.5) is 5.82 Å². The average molecular weight is 384 g/mol. The highest BCUT2D eigenvalue weighted by Gasteiger charge is 2.10. The quantitative estimate of drug-likeness (QED) is 0.521. The fraction of sp³-hybridized carbons (Fsp3) is 0.231. The smallest absolute Gasteiger partial charge is 0.152 e. The Morgan fingerprint density at radius 1 is 1.33 bits per heavy atom. The van der Waals surface area contributed by atoms with Crippen molar-refractivity contribution in [2.75, 3.05) is 12.5 Å². The average Bonchev–Trinajstić information content (AvgIpc) is 3.06. The van der Waals surface area contributed by atoms with E-state index in [4.69, 9.17) is 5.84 Å². The fourth-order valence-corrected chi connectivity index (χ4v) is 4.39. The molecular weight excluding hydrogens is 370 g/mol. The molecule has 3 aromatic rings. The van der Waals surface area contributed by atoms with Crippen molar-refractivity contribution in [3.63, 3.8) is 0 Å². The zero-order valence-electron chi connectivity index (χ0n) is 11.3. The van der Waals surface area contributed by atoms with Crippen LogP contribution >= 0.6 is 38.6 Å². The van der Waals surface area contributed by atoms with Gasteiger partial charge in [-0.05, 0) is 40.5 Å². The predicted octanol–water partition coefficient (Wildman–Crippen LogP) is 3.43. The van der Waals surface area contributed by atoms with E-state index in [1.165, 1.54) is 4.88 Å². The molecule has 0 saturated carbocycles. The SMILES string of the molecule is CN(Cc1nc(NN)c2ccsc2n1)Cc1cc(Br)cs1. The molecule has 3 heterocycles. The Hall–Kier alpha value is -1.06. The number of hydrogen-bond donors (Lipinski definition) is 2. The van der Waals surface area contributed by atoms with Crippen LogP contribution < -0.4 is 11.3 Å². The van der Waals surface area contributed by atoms with Crippen molar-refractivity contribution in [1.29, 1.82) is 0 Å². The van der Waals surface area contributed by atoms with Crippen molar-refractivity contribution in [2.45, 2.75) is 13.1 Å². The molecule has 8 heteroatoms. The Morgan fingerprint density at radius 3 is 2.90 bits per heavy atom. The lowest BCUT2D eigenvalue weighted by Crippen LogP contribution is -2.19. The van der Waals surface area contributed by atoms with Crippen molar-refractivity contribution < 1.29 is 0 Å². The Balaban J connectivity index is 1.77. The van der Waals surface area contributed by atoms with E-state index in [2.05, 4.69) is 54.7 Å². The van der Waals surface area contributed by atoms with Gasteiger partial charge in [-0.15, -0.1) is 22.7 Å². The summed E-state index contributed by atoms with van der Waals surface area (Å²) in [4.78, 5) is 13.5. The van der Waals surface area contributed by atoms with Gasteiger partial charge in [-0.1, -0.05) is 0 Å². The first kappa shape index (κ1) is 14.9. The third kappa shape index (κ3) is 3.41. The highest BCUT2D eigenvalue weighted by molar-refractivity contribution is 9.10. The summed E-state index contributed by atoms with van der Waals surface area (Å²) in [5.74, 6) is 7.01. The second kappa shape index (κ2) is 6.37. The van der Waals surface area contributed by atoms with E-state index in [0.717, 1.165) is 27.1 Å². The van der Waals surface area contributed by atoms with E-state index in [9.17, 15) is 0 Å². The van der Waals surface area contributed by atoms with Crippen molar-refractivity contribution in [2.24, 2.45) is 5.84 Å². The van der Waals surface area contributed by atoms with Gasteiger partial charge in [-0.2, -0.15) is 0 Å². The minimum Gasteiger partial charge on any atom is -0.308 e. The topological polar surface area (TPSA) is 67.1 Å². The summed E-state index contributed by atoms with van der Waals surface area (Å²) in [6, 6.07) is 4.11. The van der Waals surface area contributed by atoms with E-state index in [1.54, 1.807) is 22.7 Å². The number of rotatable bonds is 5. The predicted molar refractivity (Wildman–Crippen MR) is 92.4 cm³/mol. The first-order valence-electron chi connectivity index (χ1n) is 6.28. The normalized spacial score (nSPS) is 11.4. The lowest BCUT2D eigenvalue weighted by molar-refractivity contribution is 0.314. The molecule has 0 amide bonds. The Labute approximate surface area is 138 Å². The largest absolute Gasteiger partial charge is 0.308 e. The standard InChI is InChI=1S/C13H14BrN5S2/c1-19(5-9-4-8(14)7-21-9)6-11-16-12(18-15)10-2-3-20-13(10)17-11/h2-4,7H,5-6,15H2,1H3,(H,16,17,18). The third-order valence-corrected chi connectivity index (χ3v) is 5.46. The van der Waals surface area contributed by atoms with Gasteiger partial charge in [0.2, 0.25) is 0 Å². The lowest BCUT2D eigenvalue weighted by atomic mass is 10.3. The number of nitrogen functional groups attached to an aromatic ring is 1. The number of aromatic nitrogens is 2. The van der Waals surface area contributed by atoms with Gasteiger partial charge in [0, 0.05) is 21.3 Å². The molecule has 0 atom stereocenters. The van der Waals surface area contributed by atoms with Crippen LogP contribution in [0.15, 0.2) is 27.4 Å². The van der Waals surface area contributed by atoms with Crippen LogP contribution in [-0.4, -0.2) is 21.9 Å². The monoisotopic (exact) mass is 383 g/mol. The van der Waals surface area contributed by atoms with Gasteiger partial charge in [0.15, 0.2) is 5.82 Å². The molecule has 0 saturated heterocycles. The maximum Gasteiger partial charge on any atom is 0.152 e. The zero-order valence-corrected chi connectivity index (χ0v) is 14.6. The second-order valence-electron chi connectivity index (χ2n) is 4.68. The van der Waals surface area contributed by atoms with Crippen LogP contribution in [0.25, 0.3) is 10.2 Å². The zero-order chi connectivity index (χ0) is 14.8. The van der Waals surface area contributed by atoms with Crippen LogP contribution in [0.2, 0.25) is 0 Å². The number of nitrogens with one attached hydrogen (secondary N) is 1. The minimum atomic E-state index is 0.679. The number of hydrogen-bond acceptors (Lipinski definition) is 7. The molecule has 0 unspecified atom stereocenters. The molecule has 21 heavy (non-hydrogen) atoms. The van der Waals surface area contributed by atoms with Crippen molar-refractivity contribution >= 4 is 54.6 Å². The first-order chi connectivity index (χ1) is 10.2. The maximum atomic E-state index is 5.55. The van der Waals surface area contributed by atoms with E-state index in [-0.39, 0.29) is 0 Å². The second-order valence-corrected chi connectivity index (χ2v) is 7.48. The van der Waals surface area contributed by atoms with E-state index >= 15 is 0 Å². The van der Waals surface area contributed by atoms with Crippen LogP contribution in [-0.2, 0) is 13.1 Å². The molecule has 110 valence electrons. The van der Waals surface area contributed by atoms with Crippen LogP contribution in [0.3, 0.4) is 0 Å². The number of halogens is 1. The van der Waals surface area contributed by atoms with Crippen molar-refractivity contribution in [3.8, 4) is 0 Å². The highest BCUT2D eigenvalue weighted by atomic mass is 79.9. The van der Waals surface area contributed by atoms with Crippen molar-refractivity contribution in [3.05, 3.63) is 38.1 Å². The summed E-state index contributed by atoms with van der Waals surface area (Å²) < 4.78 is 1.13. The molecule has 0 bridgehead atoms. The number of thiophene rings is 2. The molecule has 0 aromatic carbocycles. The van der Waals surface area contributed by atoms with Gasteiger partial charge in [0.25, 0.3) is 0 Å². The molecule has 3 N–H and O–H groups in total. The Bertz CT molecular complexity index is 754. The van der Waals surface area contributed by atoms with Crippen LogP contribution in [0.5, 0.6) is 0 Å². The van der Waals surface area contributed by atoms with E-state index in [1.807, 2.05) is 11.4 Å². The summed E-state index contributed by atoms with van der Waals surface area (Å²) in [7, 11) is 2.06. The highest BCUT2D eigenvalue weighted by Crippen LogP contribution is 2.25. The summed E-state index contributed by atoms with van der Waals surface area (Å²) in [6.07, 6.45) is 0. The summed E-state index contributed by atoms with van der Waals surface area (Å²) in [6.45, 7) is 1.55. The molecule has 0 fully saturated rings. The molecule has 0 aliphatic heterocycles. The first-order valence-corrected chi connectivity index (χ1v) is 8.83. The van der Waals surface area contributed by atoms with Crippen LogP contribution in [0, 0.1) is 0 Å². The Kier molecular flexibility index (Phi) is 4.51.